The summed E-state index contributed by atoms with van der Waals surface area (Å²) < 4.78 is 0. The highest BCUT2D eigenvalue weighted by Gasteiger charge is 2.42. The zero-order chi connectivity index (χ0) is 45.8. The molecule has 2 aliphatic heterocycles. The van der Waals surface area contributed by atoms with Gasteiger partial charge in [-0.3, -0.25) is 43.6 Å². The third-order valence-electron chi connectivity index (χ3n) is 10.8. The molecule has 0 aliphatic carbocycles. The largest absolute Gasteiger partial charge is 0.508 e. The summed E-state index contributed by atoms with van der Waals surface area (Å²) in [6.45, 7) is 4.20. The van der Waals surface area contributed by atoms with Gasteiger partial charge in [-0.25, -0.2) is 10.3 Å². The quantitative estimate of drug-likeness (QED) is 0.0212. The number of phenols is 1. The molecular formula is C40H62N10O11S. The summed E-state index contributed by atoms with van der Waals surface area (Å²) in [4.78, 5) is 112. The van der Waals surface area contributed by atoms with E-state index in [1.54, 1.807) is 6.92 Å². The van der Waals surface area contributed by atoms with Gasteiger partial charge in [0.2, 0.25) is 47.3 Å². The van der Waals surface area contributed by atoms with Crippen molar-refractivity contribution in [1.82, 2.24) is 48.0 Å². The van der Waals surface area contributed by atoms with Crippen molar-refractivity contribution in [3.63, 3.8) is 0 Å². The number of amides is 10. The van der Waals surface area contributed by atoms with E-state index in [0.29, 0.717) is 43.0 Å². The Balaban J connectivity index is 1.39. The summed E-state index contributed by atoms with van der Waals surface area (Å²) in [6.07, 6.45) is 4.21. The van der Waals surface area contributed by atoms with Crippen molar-refractivity contribution >= 4 is 65.1 Å². The highest BCUT2D eigenvalue weighted by atomic mass is 32.2. The van der Waals surface area contributed by atoms with Crippen LogP contribution in [0.25, 0.3) is 0 Å². The number of rotatable bonds is 27. The lowest BCUT2D eigenvalue weighted by Gasteiger charge is -2.25. The summed E-state index contributed by atoms with van der Waals surface area (Å²) in [7, 11) is 0. The van der Waals surface area contributed by atoms with Crippen molar-refractivity contribution in [1.29, 1.82) is 0 Å². The molecule has 1 aromatic carbocycles. The third-order valence-corrected chi connectivity index (χ3v) is 12.3. The van der Waals surface area contributed by atoms with E-state index in [4.69, 9.17) is 10.9 Å². The van der Waals surface area contributed by atoms with Gasteiger partial charge in [-0.1, -0.05) is 38.8 Å². The molecule has 2 fully saturated rings. The number of hydrogen-bond acceptors (Lipinski definition) is 12. The smallest absolute Gasteiger partial charge is 0.315 e. The maximum absolute atomic E-state index is 13.3. The molecule has 8 atom stereocenters. The van der Waals surface area contributed by atoms with Crippen LogP contribution >= 0.6 is 11.8 Å². The molecule has 62 heavy (non-hydrogen) atoms. The molecule has 0 spiro atoms. The third kappa shape index (κ3) is 17.4. The van der Waals surface area contributed by atoms with E-state index in [9.17, 15) is 48.3 Å². The average Bonchev–Trinajstić information content (AvgIpc) is 3.80. The number of hydroxylamine groups is 1. The monoisotopic (exact) mass is 890 g/mol. The lowest BCUT2D eigenvalue weighted by Crippen LogP contribution is -2.55. The van der Waals surface area contributed by atoms with Crippen LogP contribution in [0.3, 0.4) is 0 Å². The number of urea groups is 1. The molecule has 1 aromatic rings. The van der Waals surface area contributed by atoms with Crippen LogP contribution in [0, 0.1) is 11.8 Å². The molecule has 2 heterocycles. The number of fused-ring (bicyclic) bond motifs is 1. The number of nitrogens with two attached hydrogens (primary N) is 1. The van der Waals surface area contributed by atoms with Gasteiger partial charge in [0.25, 0.3) is 0 Å². The Labute approximate surface area is 364 Å². The SMILES string of the molecule is CCC(C)C(CC(=O)NO)C(=O)N[C@@H](C)C(=O)N[C@@H](Cc1ccc(O)cc1)C(=O)NCC(=O)NCC(=O)N[C@@H](CCCCNC(=O)CCCC[C@@H]1SC[C@@H]2NC(=O)N[C@@H]21)C(N)=O. The van der Waals surface area contributed by atoms with Crippen molar-refractivity contribution in [2.45, 2.75) is 120 Å². The zero-order valence-electron chi connectivity index (χ0n) is 35.4. The minimum atomic E-state index is -1.26. The fraction of sp³-hybridized carbons (Fsp3) is 0.625. The predicted molar refractivity (Wildman–Crippen MR) is 227 cm³/mol. The number of hydrogen-bond donors (Lipinski definition) is 12. The second-order valence-corrected chi connectivity index (χ2v) is 16.9. The van der Waals surface area contributed by atoms with Gasteiger partial charge in [0.15, 0.2) is 0 Å². The van der Waals surface area contributed by atoms with E-state index in [1.807, 2.05) is 18.7 Å². The van der Waals surface area contributed by atoms with E-state index >= 15 is 0 Å². The summed E-state index contributed by atoms with van der Waals surface area (Å²) in [5, 5.41) is 40.0. The topological polar surface area (TPSA) is 328 Å². The molecule has 0 saturated carbocycles. The second-order valence-electron chi connectivity index (χ2n) is 15.6. The normalized spacial score (nSPS) is 18.8. The number of benzene rings is 1. The Morgan fingerprint density at radius 1 is 0.806 bits per heavy atom. The van der Waals surface area contributed by atoms with Crippen molar-refractivity contribution in [2.24, 2.45) is 17.6 Å². The van der Waals surface area contributed by atoms with Gasteiger partial charge in [-0.2, -0.15) is 11.8 Å². The van der Waals surface area contributed by atoms with Crippen LogP contribution in [-0.2, 0) is 44.8 Å². The summed E-state index contributed by atoms with van der Waals surface area (Å²) >= 11 is 1.83. The number of thioether (sulfide) groups is 1. The summed E-state index contributed by atoms with van der Waals surface area (Å²) in [6, 6.07) is 2.58. The number of phenolic OH excluding ortho intramolecular Hbond substituents is 1. The van der Waals surface area contributed by atoms with Crippen molar-refractivity contribution in [3.05, 3.63) is 29.8 Å². The number of carbonyl (C=O) groups is 9. The van der Waals surface area contributed by atoms with Gasteiger partial charge in [-0.15, -0.1) is 0 Å². The van der Waals surface area contributed by atoms with Crippen LogP contribution in [0.2, 0.25) is 0 Å². The second kappa shape index (κ2) is 26.0. The minimum Gasteiger partial charge on any atom is -0.508 e. The molecule has 21 nitrogen and oxygen atoms in total. The Kier molecular flexibility index (Phi) is 21.2. The molecule has 0 radical (unpaired) electrons. The van der Waals surface area contributed by atoms with E-state index in [2.05, 4.69) is 42.5 Å². The lowest BCUT2D eigenvalue weighted by atomic mass is 9.87. The first-order valence-corrected chi connectivity index (χ1v) is 22.0. The maximum atomic E-state index is 13.3. The van der Waals surface area contributed by atoms with Crippen molar-refractivity contribution in [3.8, 4) is 5.75 Å². The van der Waals surface area contributed by atoms with Gasteiger partial charge in [0, 0.05) is 42.7 Å². The van der Waals surface area contributed by atoms with Gasteiger partial charge in [0.1, 0.15) is 23.9 Å². The van der Waals surface area contributed by atoms with Crippen LogP contribution in [0.4, 0.5) is 4.79 Å². The molecule has 2 saturated heterocycles. The number of primary amides is 1. The first-order chi connectivity index (χ1) is 29.5. The number of aromatic hydroxyl groups is 1. The molecule has 2 unspecified atom stereocenters. The first kappa shape index (κ1) is 50.7. The molecule has 0 aromatic heterocycles. The molecule has 0 bridgehead atoms. The van der Waals surface area contributed by atoms with Crippen LogP contribution in [0.1, 0.15) is 84.1 Å². The minimum absolute atomic E-state index is 0.0272. The molecule has 344 valence electrons. The molecule has 22 heteroatoms. The molecule has 2 aliphatic rings. The van der Waals surface area contributed by atoms with Gasteiger partial charge in [-0.05, 0) is 62.6 Å². The zero-order valence-corrected chi connectivity index (χ0v) is 36.2. The van der Waals surface area contributed by atoms with Gasteiger partial charge in [0.05, 0.1) is 25.2 Å². The number of unbranched alkanes of at least 4 members (excludes halogenated alkanes) is 2. The molecular weight excluding hydrogens is 829 g/mol. The summed E-state index contributed by atoms with van der Waals surface area (Å²) in [5.74, 6) is -5.50. The maximum Gasteiger partial charge on any atom is 0.315 e. The van der Waals surface area contributed by atoms with Crippen LogP contribution in [-0.4, -0.2) is 124 Å². The van der Waals surface area contributed by atoms with Gasteiger partial charge < -0.3 is 53.4 Å². The summed E-state index contributed by atoms with van der Waals surface area (Å²) in [5.41, 5.74) is 7.53. The average molecular weight is 891 g/mol. The van der Waals surface area contributed by atoms with Crippen molar-refractivity contribution < 1.29 is 53.5 Å². The highest BCUT2D eigenvalue weighted by molar-refractivity contribution is 8.00. The Hall–Kier alpha value is -5.64. The van der Waals surface area contributed by atoms with Crippen LogP contribution < -0.4 is 53.7 Å². The molecule has 3 rings (SSSR count). The predicted octanol–water partition coefficient (Wildman–Crippen LogP) is -1.30. The van der Waals surface area contributed by atoms with E-state index in [1.165, 1.54) is 36.7 Å². The van der Waals surface area contributed by atoms with E-state index in [0.717, 1.165) is 25.0 Å². The Bertz CT molecular complexity index is 1740. The molecule has 13 N–H and O–H groups in total. The number of nitrogens with one attached hydrogen (secondary N) is 9. The van der Waals surface area contributed by atoms with Crippen molar-refractivity contribution in [2.75, 3.05) is 25.4 Å². The Morgan fingerprint density at radius 3 is 2.19 bits per heavy atom. The fourth-order valence-corrected chi connectivity index (χ4v) is 8.51. The van der Waals surface area contributed by atoms with Crippen LogP contribution in [0.5, 0.6) is 5.75 Å². The fourth-order valence-electron chi connectivity index (χ4n) is 6.97. The first-order valence-electron chi connectivity index (χ1n) is 20.9. The Morgan fingerprint density at radius 2 is 1.52 bits per heavy atom. The van der Waals surface area contributed by atoms with Crippen LogP contribution in [0.15, 0.2) is 24.3 Å². The molecule has 10 amide bonds. The standard InChI is InChI=1S/C40H62N10O11S/c1-4-22(2)26(18-32(53)50-61)38(58)45-23(3)37(57)47-28(17-24-12-14-25(51)15-13-24)39(59)44-19-33(54)43-20-34(55)46-27(36(41)56)9-7-8-16-42-31(52)11-6-5-10-30-35-29(21-62-30)48-40(60)49-35/h12-15,22-23,26-30,35,51,61H,4-11,16-21H2,1-3H3,(H2,41,56)(H,42,52)(H,43,54)(H,44,59)(H,45,58)(H,46,55)(H,47,57)(H,50,53)(H2,48,49,60)/t22?,23-,26?,27-,28-,29-,30-,35-/m0/s1. The van der Waals surface area contributed by atoms with E-state index in [-0.39, 0.29) is 55.0 Å². The van der Waals surface area contributed by atoms with E-state index < -0.39 is 78.5 Å². The highest BCUT2D eigenvalue weighted by Crippen LogP contribution is 2.33. The van der Waals surface area contributed by atoms with Gasteiger partial charge >= 0.3 is 6.03 Å². The number of carbonyl (C=O) groups excluding carboxylic acids is 9. The lowest BCUT2D eigenvalue weighted by molar-refractivity contribution is -0.137.